The van der Waals surface area contributed by atoms with E-state index in [0.717, 1.165) is 39.4 Å². The second-order valence-corrected chi connectivity index (χ2v) is 7.91. The highest BCUT2D eigenvalue weighted by Gasteiger charge is 2.39. The largest absolute Gasteiger partial charge is 0.379 e. The van der Waals surface area contributed by atoms with Gasteiger partial charge in [0.1, 0.15) is 0 Å². The molecule has 0 radical (unpaired) electrons. The van der Waals surface area contributed by atoms with E-state index in [1.807, 2.05) is 18.5 Å². The third-order valence-electron chi connectivity index (χ3n) is 5.18. The average molecular weight is 343 g/mol. The summed E-state index contributed by atoms with van der Waals surface area (Å²) in [6.07, 6.45) is 6.33. The van der Waals surface area contributed by atoms with Gasteiger partial charge in [-0.2, -0.15) is 11.3 Å². The van der Waals surface area contributed by atoms with Gasteiger partial charge in [-0.25, -0.2) is 0 Å². The predicted octanol–water partition coefficient (Wildman–Crippen LogP) is 3.26. The van der Waals surface area contributed by atoms with Gasteiger partial charge in [0.15, 0.2) is 0 Å². The molecule has 24 heavy (non-hydrogen) atoms. The van der Waals surface area contributed by atoms with Gasteiger partial charge >= 0.3 is 0 Å². The number of hydrogen-bond donors (Lipinski definition) is 0. The number of ether oxygens (including phenoxy) is 1. The van der Waals surface area contributed by atoms with Gasteiger partial charge in [-0.05, 0) is 53.9 Å². The first-order valence-corrected chi connectivity index (χ1v) is 9.74. The molecule has 4 heterocycles. The van der Waals surface area contributed by atoms with Crippen LogP contribution in [-0.2, 0) is 11.3 Å². The summed E-state index contributed by atoms with van der Waals surface area (Å²) in [4.78, 5) is 9.38. The lowest BCUT2D eigenvalue weighted by molar-refractivity contribution is 0.0107. The summed E-state index contributed by atoms with van der Waals surface area (Å²) in [6, 6.07) is 6.44. The van der Waals surface area contributed by atoms with Crippen LogP contribution in [-0.4, -0.2) is 49.3 Å². The Morgan fingerprint density at radius 1 is 1.25 bits per heavy atom. The number of anilines is 1. The van der Waals surface area contributed by atoms with Gasteiger partial charge in [0, 0.05) is 37.8 Å². The molecule has 2 aromatic rings. The number of rotatable bonds is 3. The minimum absolute atomic E-state index is 0.237. The Labute approximate surface area is 148 Å². The van der Waals surface area contributed by atoms with Crippen molar-refractivity contribution in [3.8, 4) is 0 Å². The van der Waals surface area contributed by atoms with E-state index >= 15 is 0 Å². The van der Waals surface area contributed by atoms with Crippen LogP contribution in [0.2, 0.25) is 0 Å². The van der Waals surface area contributed by atoms with Crippen molar-refractivity contribution in [2.75, 3.05) is 44.3 Å². The zero-order valence-electron chi connectivity index (χ0n) is 14.1. The van der Waals surface area contributed by atoms with E-state index in [-0.39, 0.29) is 5.41 Å². The van der Waals surface area contributed by atoms with Crippen molar-refractivity contribution in [1.82, 2.24) is 9.88 Å². The highest BCUT2D eigenvalue weighted by Crippen LogP contribution is 2.35. The monoisotopic (exact) mass is 343 g/mol. The Morgan fingerprint density at radius 3 is 3.08 bits per heavy atom. The summed E-state index contributed by atoms with van der Waals surface area (Å²) in [5.41, 5.74) is 2.90. The van der Waals surface area contributed by atoms with Crippen molar-refractivity contribution in [2.24, 2.45) is 5.41 Å². The van der Waals surface area contributed by atoms with Crippen LogP contribution in [0, 0.1) is 5.41 Å². The molecule has 0 aromatic carbocycles. The van der Waals surface area contributed by atoms with Crippen LogP contribution in [0.4, 0.5) is 5.69 Å². The van der Waals surface area contributed by atoms with E-state index < -0.39 is 0 Å². The van der Waals surface area contributed by atoms with E-state index in [9.17, 15) is 0 Å². The molecule has 4 nitrogen and oxygen atoms in total. The predicted molar refractivity (Wildman–Crippen MR) is 98.5 cm³/mol. The van der Waals surface area contributed by atoms with Crippen LogP contribution in [0.25, 0.3) is 0 Å². The molecular formula is C19H25N3OS. The van der Waals surface area contributed by atoms with Crippen LogP contribution in [0.5, 0.6) is 0 Å². The molecule has 0 saturated carbocycles. The maximum Gasteiger partial charge on any atom is 0.0641 e. The van der Waals surface area contributed by atoms with Gasteiger partial charge in [-0.15, -0.1) is 0 Å². The zero-order valence-corrected chi connectivity index (χ0v) is 14.9. The third-order valence-corrected chi connectivity index (χ3v) is 5.91. The van der Waals surface area contributed by atoms with Crippen LogP contribution in [0.15, 0.2) is 41.4 Å². The fourth-order valence-electron chi connectivity index (χ4n) is 4.09. The first-order valence-electron chi connectivity index (χ1n) is 8.79. The molecule has 4 rings (SSSR count). The minimum Gasteiger partial charge on any atom is -0.379 e. The SMILES string of the molecule is c1cncc(N2CCOC[C@]3(CCCN(Cc4ccsc4)C3)C2)c1. The summed E-state index contributed by atoms with van der Waals surface area (Å²) in [6.45, 7) is 7.10. The Bertz CT molecular complexity index is 633. The standard InChI is InChI=1S/C19H25N3OS/c1-3-18(11-20-6-1)22-8-9-23-16-19(15-22)5-2-7-21(14-19)12-17-4-10-24-13-17/h1,3-4,6,10-11,13H,2,5,7-9,12,14-16H2/t19-/m0/s1. The van der Waals surface area contributed by atoms with E-state index in [0.29, 0.717) is 0 Å². The molecule has 2 aliphatic heterocycles. The zero-order chi connectivity index (χ0) is 16.2. The summed E-state index contributed by atoms with van der Waals surface area (Å²) in [7, 11) is 0. The van der Waals surface area contributed by atoms with E-state index in [1.165, 1.54) is 30.6 Å². The van der Waals surface area contributed by atoms with Gasteiger partial charge in [0.25, 0.3) is 0 Å². The average Bonchev–Trinajstić information content (AvgIpc) is 3.03. The summed E-state index contributed by atoms with van der Waals surface area (Å²) in [5.74, 6) is 0. The quantitative estimate of drug-likeness (QED) is 0.855. The second kappa shape index (κ2) is 7.21. The van der Waals surface area contributed by atoms with Crippen molar-refractivity contribution in [2.45, 2.75) is 19.4 Å². The molecule has 0 bridgehead atoms. The summed E-state index contributed by atoms with van der Waals surface area (Å²) in [5, 5.41) is 4.45. The number of piperidine rings is 1. The first kappa shape index (κ1) is 16.1. The Hall–Kier alpha value is -1.43. The van der Waals surface area contributed by atoms with Gasteiger partial charge < -0.3 is 9.64 Å². The number of thiophene rings is 1. The molecular weight excluding hydrogens is 318 g/mol. The molecule has 0 N–H and O–H groups in total. The van der Waals surface area contributed by atoms with Crippen LogP contribution in [0.3, 0.4) is 0 Å². The van der Waals surface area contributed by atoms with E-state index in [2.05, 4.69) is 37.7 Å². The Kier molecular flexibility index (Phi) is 4.83. The lowest BCUT2D eigenvalue weighted by Gasteiger charge is -2.44. The van der Waals surface area contributed by atoms with Gasteiger partial charge in [0.05, 0.1) is 25.1 Å². The highest BCUT2D eigenvalue weighted by molar-refractivity contribution is 7.07. The van der Waals surface area contributed by atoms with Crippen LogP contribution >= 0.6 is 11.3 Å². The molecule has 1 spiro atoms. The van der Waals surface area contributed by atoms with Crippen molar-refractivity contribution < 1.29 is 4.74 Å². The van der Waals surface area contributed by atoms with Crippen LogP contribution in [0.1, 0.15) is 18.4 Å². The maximum atomic E-state index is 6.04. The number of likely N-dealkylation sites (tertiary alicyclic amines) is 1. The topological polar surface area (TPSA) is 28.6 Å². The van der Waals surface area contributed by atoms with Gasteiger partial charge in [0.2, 0.25) is 0 Å². The van der Waals surface area contributed by atoms with Crippen molar-refractivity contribution in [1.29, 1.82) is 0 Å². The van der Waals surface area contributed by atoms with Crippen molar-refractivity contribution >= 4 is 17.0 Å². The van der Waals surface area contributed by atoms with Gasteiger partial charge in [-0.3, -0.25) is 9.88 Å². The number of nitrogens with zero attached hydrogens (tertiary/aromatic N) is 3. The van der Waals surface area contributed by atoms with Crippen molar-refractivity contribution in [3.05, 3.63) is 46.9 Å². The fourth-order valence-corrected chi connectivity index (χ4v) is 4.75. The molecule has 0 aliphatic carbocycles. The lowest BCUT2D eigenvalue weighted by atomic mass is 9.80. The molecule has 2 aliphatic rings. The number of pyridine rings is 1. The molecule has 2 fully saturated rings. The molecule has 2 saturated heterocycles. The summed E-state index contributed by atoms with van der Waals surface area (Å²) >= 11 is 1.79. The van der Waals surface area contributed by atoms with E-state index in [4.69, 9.17) is 4.74 Å². The number of hydrogen-bond acceptors (Lipinski definition) is 5. The normalized spacial score (nSPS) is 25.8. The molecule has 0 amide bonds. The minimum atomic E-state index is 0.237. The Morgan fingerprint density at radius 2 is 2.25 bits per heavy atom. The molecule has 1 atom stereocenters. The fraction of sp³-hybridized carbons (Fsp3) is 0.526. The molecule has 2 aromatic heterocycles. The highest BCUT2D eigenvalue weighted by atomic mass is 32.1. The van der Waals surface area contributed by atoms with E-state index in [1.54, 1.807) is 11.3 Å². The molecule has 5 heteroatoms. The second-order valence-electron chi connectivity index (χ2n) is 7.13. The molecule has 128 valence electrons. The molecule has 0 unspecified atom stereocenters. The third kappa shape index (κ3) is 3.63. The van der Waals surface area contributed by atoms with Gasteiger partial charge in [-0.1, -0.05) is 0 Å². The van der Waals surface area contributed by atoms with Crippen molar-refractivity contribution in [3.63, 3.8) is 0 Å². The summed E-state index contributed by atoms with van der Waals surface area (Å²) < 4.78 is 6.04. The smallest absolute Gasteiger partial charge is 0.0641 e. The van der Waals surface area contributed by atoms with Crippen LogP contribution < -0.4 is 4.90 Å². The Balaban J connectivity index is 1.49. The number of aromatic nitrogens is 1. The lowest BCUT2D eigenvalue weighted by Crippen LogP contribution is -2.50. The first-order chi connectivity index (χ1) is 11.8. The maximum absolute atomic E-state index is 6.04.